The van der Waals surface area contributed by atoms with Crippen molar-refractivity contribution in [1.29, 1.82) is 0 Å². The lowest BCUT2D eigenvalue weighted by molar-refractivity contribution is 0.102. The molecule has 0 saturated carbocycles. The molecule has 0 aliphatic heterocycles. The van der Waals surface area contributed by atoms with E-state index in [1.807, 2.05) is 12.1 Å². The highest BCUT2D eigenvalue weighted by atomic mass is 35.5. The van der Waals surface area contributed by atoms with E-state index < -0.39 is 11.7 Å². The summed E-state index contributed by atoms with van der Waals surface area (Å²) in [4.78, 5) is 16.5. The van der Waals surface area contributed by atoms with Gasteiger partial charge in [-0.15, -0.1) is 0 Å². The number of aromatic nitrogens is 1. The fourth-order valence-electron chi connectivity index (χ4n) is 2.08. The van der Waals surface area contributed by atoms with Crippen LogP contribution in [0.3, 0.4) is 0 Å². The van der Waals surface area contributed by atoms with Crippen molar-refractivity contribution in [2.75, 3.05) is 5.32 Å². The SMILES string of the molecule is O=C(Nc1cccc2ncccc12)c1ccc(F)cc1Cl. The number of pyridine rings is 1. The first kappa shape index (κ1) is 13.5. The summed E-state index contributed by atoms with van der Waals surface area (Å²) < 4.78 is 13.0. The first-order valence-corrected chi connectivity index (χ1v) is 6.63. The molecule has 0 spiro atoms. The molecule has 0 unspecified atom stereocenters. The number of carbonyl (C=O) groups excluding carboxylic acids is 1. The number of rotatable bonds is 2. The topological polar surface area (TPSA) is 42.0 Å². The number of amides is 1. The molecule has 0 bridgehead atoms. The number of hydrogen-bond donors (Lipinski definition) is 1. The van der Waals surface area contributed by atoms with E-state index in [9.17, 15) is 9.18 Å². The van der Waals surface area contributed by atoms with Crippen LogP contribution >= 0.6 is 11.6 Å². The minimum absolute atomic E-state index is 0.0749. The van der Waals surface area contributed by atoms with E-state index in [2.05, 4.69) is 10.3 Å². The average Bonchev–Trinajstić information content (AvgIpc) is 2.47. The number of benzene rings is 2. The molecule has 1 amide bonds. The summed E-state index contributed by atoms with van der Waals surface area (Å²) >= 11 is 5.90. The minimum Gasteiger partial charge on any atom is -0.321 e. The van der Waals surface area contributed by atoms with Crippen molar-refractivity contribution < 1.29 is 9.18 Å². The Kier molecular flexibility index (Phi) is 3.54. The van der Waals surface area contributed by atoms with Crippen molar-refractivity contribution in [3.8, 4) is 0 Å². The van der Waals surface area contributed by atoms with Gasteiger partial charge in [0, 0.05) is 11.6 Å². The Labute approximate surface area is 125 Å². The number of anilines is 1. The molecule has 1 aromatic heterocycles. The van der Waals surface area contributed by atoms with Crippen LogP contribution in [0, 0.1) is 5.82 Å². The highest BCUT2D eigenvalue weighted by Crippen LogP contribution is 2.23. The van der Waals surface area contributed by atoms with Gasteiger partial charge in [-0.25, -0.2) is 4.39 Å². The lowest BCUT2D eigenvalue weighted by atomic mass is 10.1. The third-order valence-electron chi connectivity index (χ3n) is 3.07. The predicted octanol–water partition coefficient (Wildman–Crippen LogP) is 4.28. The van der Waals surface area contributed by atoms with Crippen LogP contribution in [0.2, 0.25) is 5.02 Å². The molecule has 3 rings (SSSR count). The molecular weight excluding hydrogens is 291 g/mol. The monoisotopic (exact) mass is 300 g/mol. The zero-order valence-corrected chi connectivity index (χ0v) is 11.6. The second kappa shape index (κ2) is 5.50. The summed E-state index contributed by atoms with van der Waals surface area (Å²) in [5.41, 5.74) is 1.63. The average molecular weight is 301 g/mol. The zero-order chi connectivity index (χ0) is 14.8. The maximum atomic E-state index is 13.0. The summed E-state index contributed by atoms with van der Waals surface area (Å²) in [7, 11) is 0. The van der Waals surface area contributed by atoms with Gasteiger partial charge < -0.3 is 5.32 Å². The van der Waals surface area contributed by atoms with E-state index in [-0.39, 0.29) is 10.6 Å². The number of nitrogens with zero attached hydrogens (tertiary/aromatic N) is 1. The fraction of sp³-hybridized carbons (Fsp3) is 0. The molecule has 0 atom stereocenters. The van der Waals surface area contributed by atoms with Crippen LogP contribution in [0.4, 0.5) is 10.1 Å². The number of carbonyl (C=O) groups is 1. The number of halogens is 2. The van der Waals surface area contributed by atoms with Crippen LogP contribution in [-0.2, 0) is 0 Å². The highest BCUT2D eigenvalue weighted by Gasteiger charge is 2.12. The van der Waals surface area contributed by atoms with Crippen LogP contribution in [0.5, 0.6) is 0 Å². The van der Waals surface area contributed by atoms with E-state index in [0.717, 1.165) is 17.0 Å². The van der Waals surface area contributed by atoms with Gasteiger partial charge in [-0.05, 0) is 42.5 Å². The molecule has 0 aliphatic rings. The molecule has 0 fully saturated rings. The van der Waals surface area contributed by atoms with Crippen molar-refractivity contribution in [1.82, 2.24) is 4.98 Å². The Balaban J connectivity index is 1.97. The van der Waals surface area contributed by atoms with Gasteiger partial charge >= 0.3 is 0 Å². The maximum Gasteiger partial charge on any atom is 0.257 e. The molecule has 0 saturated heterocycles. The summed E-state index contributed by atoms with van der Waals surface area (Å²) in [5, 5.41) is 3.68. The van der Waals surface area contributed by atoms with Crippen molar-refractivity contribution in [2.24, 2.45) is 0 Å². The third kappa shape index (κ3) is 2.71. The molecule has 3 nitrogen and oxygen atoms in total. The Bertz CT molecular complexity index is 830. The maximum absolute atomic E-state index is 13.0. The van der Waals surface area contributed by atoms with Gasteiger partial charge in [-0.2, -0.15) is 0 Å². The Morgan fingerprint density at radius 3 is 2.81 bits per heavy atom. The Morgan fingerprint density at radius 1 is 1.14 bits per heavy atom. The molecular formula is C16H10ClFN2O. The van der Waals surface area contributed by atoms with E-state index in [1.54, 1.807) is 24.4 Å². The number of fused-ring (bicyclic) bond motifs is 1. The molecule has 1 N–H and O–H groups in total. The summed E-state index contributed by atoms with van der Waals surface area (Å²) in [6, 6.07) is 12.8. The quantitative estimate of drug-likeness (QED) is 0.767. The second-order valence-corrected chi connectivity index (χ2v) is 4.86. The van der Waals surface area contributed by atoms with Crippen LogP contribution in [0.25, 0.3) is 10.9 Å². The fourth-order valence-corrected chi connectivity index (χ4v) is 2.33. The molecule has 0 aliphatic carbocycles. The van der Waals surface area contributed by atoms with Gasteiger partial charge in [0.25, 0.3) is 5.91 Å². The number of hydrogen-bond acceptors (Lipinski definition) is 2. The van der Waals surface area contributed by atoms with E-state index in [4.69, 9.17) is 11.6 Å². The van der Waals surface area contributed by atoms with Gasteiger partial charge in [0.1, 0.15) is 5.82 Å². The lowest BCUT2D eigenvalue weighted by Crippen LogP contribution is -2.12. The smallest absolute Gasteiger partial charge is 0.257 e. The van der Waals surface area contributed by atoms with Crippen LogP contribution in [-0.4, -0.2) is 10.9 Å². The molecule has 0 radical (unpaired) electrons. The summed E-state index contributed by atoms with van der Waals surface area (Å²) in [5.74, 6) is -0.873. The predicted molar refractivity (Wildman–Crippen MR) is 81.1 cm³/mol. The Morgan fingerprint density at radius 2 is 2.00 bits per heavy atom. The summed E-state index contributed by atoms with van der Waals surface area (Å²) in [6.07, 6.45) is 1.69. The third-order valence-corrected chi connectivity index (χ3v) is 3.38. The van der Waals surface area contributed by atoms with Gasteiger partial charge in [0.2, 0.25) is 0 Å². The first-order valence-electron chi connectivity index (χ1n) is 6.25. The van der Waals surface area contributed by atoms with E-state index in [1.165, 1.54) is 12.1 Å². The van der Waals surface area contributed by atoms with Crippen molar-refractivity contribution in [3.63, 3.8) is 0 Å². The van der Waals surface area contributed by atoms with E-state index >= 15 is 0 Å². The Hall–Kier alpha value is -2.46. The van der Waals surface area contributed by atoms with Gasteiger partial charge in [0.05, 0.1) is 21.8 Å². The molecule has 1 heterocycles. The minimum atomic E-state index is -0.481. The van der Waals surface area contributed by atoms with Crippen molar-refractivity contribution in [2.45, 2.75) is 0 Å². The summed E-state index contributed by atoms with van der Waals surface area (Å²) in [6.45, 7) is 0. The van der Waals surface area contributed by atoms with E-state index in [0.29, 0.717) is 5.69 Å². The largest absolute Gasteiger partial charge is 0.321 e. The lowest BCUT2D eigenvalue weighted by Gasteiger charge is -2.09. The van der Waals surface area contributed by atoms with Crippen LogP contribution in [0.15, 0.2) is 54.7 Å². The standard InChI is InChI=1S/C16H10ClFN2O/c17-13-9-10(18)6-7-11(13)16(21)20-15-5-1-4-14-12(15)3-2-8-19-14/h1-9H,(H,20,21). The van der Waals surface area contributed by atoms with Gasteiger partial charge in [-0.3, -0.25) is 9.78 Å². The van der Waals surface area contributed by atoms with Gasteiger partial charge in [0.15, 0.2) is 0 Å². The van der Waals surface area contributed by atoms with Crippen LogP contribution in [0.1, 0.15) is 10.4 Å². The second-order valence-electron chi connectivity index (χ2n) is 4.45. The van der Waals surface area contributed by atoms with Crippen molar-refractivity contribution in [3.05, 3.63) is 71.1 Å². The number of nitrogens with one attached hydrogen (secondary N) is 1. The molecule has 104 valence electrons. The molecule has 5 heteroatoms. The molecule has 21 heavy (non-hydrogen) atoms. The van der Waals surface area contributed by atoms with Gasteiger partial charge in [-0.1, -0.05) is 17.7 Å². The highest BCUT2D eigenvalue weighted by molar-refractivity contribution is 6.34. The molecule has 2 aromatic carbocycles. The van der Waals surface area contributed by atoms with Crippen LogP contribution < -0.4 is 5.32 Å². The first-order chi connectivity index (χ1) is 10.1. The zero-order valence-electron chi connectivity index (χ0n) is 10.8. The normalized spacial score (nSPS) is 10.6. The van der Waals surface area contributed by atoms with Crippen molar-refractivity contribution >= 4 is 34.1 Å². The molecule has 3 aromatic rings.